The summed E-state index contributed by atoms with van der Waals surface area (Å²) in [4.78, 5) is 25.3. The van der Waals surface area contributed by atoms with Gasteiger partial charge in [-0.25, -0.2) is 9.59 Å². The first kappa shape index (κ1) is 13.6. The fourth-order valence-electron chi connectivity index (χ4n) is 1.11. The van der Waals surface area contributed by atoms with E-state index in [9.17, 15) is 9.59 Å². The number of carbonyl (C=O) groups is 1. The summed E-state index contributed by atoms with van der Waals surface area (Å²) in [6.07, 6.45) is 1.28. The molecule has 0 spiro atoms. The van der Waals surface area contributed by atoms with Crippen LogP contribution in [-0.4, -0.2) is 48.9 Å². The Hall–Kier alpha value is -1.36. The molecular weight excluding hydrogens is 200 g/mol. The fraction of sp³-hybridized carbons (Fsp3) is 0.667. The summed E-state index contributed by atoms with van der Waals surface area (Å²) in [6, 6.07) is -0.267. The molecule has 0 aliphatic heterocycles. The molecule has 1 atom stereocenters. The Morgan fingerprint density at radius 1 is 1.73 bits per heavy atom. The number of carbonyl (C=O) groups excluding carboxylic acids is 1. The maximum atomic E-state index is 10.5. The maximum Gasteiger partial charge on any atom is 0.404 e. The number of likely N-dealkylation sites (N-methyl/N-ethyl adjacent to an activating group) is 1. The van der Waals surface area contributed by atoms with E-state index in [1.165, 1.54) is 18.2 Å². The average Bonchev–Trinajstić information content (AvgIpc) is 2.17. The van der Waals surface area contributed by atoms with Crippen LogP contribution >= 0.6 is 0 Å². The second-order valence-corrected chi connectivity index (χ2v) is 3.04. The first-order chi connectivity index (χ1) is 7.10. The molecule has 86 valence electrons. The van der Waals surface area contributed by atoms with Crippen LogP contribution in [0.15, 0.2) is 6.08 Å². The van der Waals surface area contributed by atoms with Crippen molar-refractivity contribution in [2.45, 2.75) is 18.9 Å². The molecule has 2 N–H and O–H groups in total. The van der Waals surface area contributed by atoms with Gasteiger partial charge in [0, 0.05) is 19.6 Å². The number of hydrogen-bond donors (Lipinski definition) is 2. The maximum absolute atomic E-state index is 10.5. The minimum Gasteiger partial charge on any atom is -0.465 e. The molecule has 0 rings (SSSR count). The van der Waals surface area contributed by atoms with Crippen LogP contribution in [0.5, 0.6) is 0 Å². The molecule has 0 aromatic rings. The summed E-state index contributed by atoms with van der Waals surface area (Å²) in [5.74, 6) is 1.65. The van der Waals surface area contributed by atoms with E-state index >= 15 is 0 Å². The van der Waals surface area contributed by atoms with Crippen LogP contribution in [-0.2, 0) is 9.63 Å². The molecule has 0 bridgehead atoms. The minimum absolute atomic E-state index is 0.267. The van der Waals surface area contributed by atoms with Crippen molar-refractivity contribution in [3.8, 4) is 0 Å². The summed E-state index contributed by atoms with van der Waals surface area (Å²) in [5.41, 5.74) is 0. The van der Waals surface area contributed by atoms with Gasteiger partial charge in [0.25, 0.3) is 0 Å². The molecule has 0 aliphatic carbocycles. The van der Waals surface area contributed by atoms with Crippen LogP contribution in [0.1, 0.15) is 12.8 Å². The van der Waals surface area contributed by atoms with Crippen molar-refractivity contribution in [2.24, 2.45) is 0 Å². The van der Waals surface area contributed by atoms with Crippen molar-refractivity contribution < 1.29 is 19.5 Å². The Balaban J connectivity index is 4.04. The molecule has 0 heterocycles. The number of rotatable bonds is 7. The number of hydrogen-bond acceptors (Lipinski definition) is 4. The van der Waals surface area contributed by atoms with Crippen molar-refractivity contribution in [1.29, 1.82) is 0 Å². The highest BCUT2D eigenvalue weighted by atomic mass is 16.7. The number of hydroxylamine groups is 2. The zero-order valence-corrected chi connectivity index (χ0v) is 8.90. The average molecular weight is 216 g/mol. The lowest BCUT2D eigenvalue weighted by molar-refractivity contribution is -0.113. The monoisotopic (exact) mass is 216 g/mol. The molecule has 0 aliphatic rings. The molecule has 6 nitrogen and oxygen atoms in total. The molecule has 1 amide bonds. The molecule has 0 fully saturated rings. The van der Waals surface area contributed by atoms with Gasteiger partial charge in [-0.05, 0) is 18.9 Å². The van der Waals surface area contributed by atoms with Crippen molar-refractivity contribution >= 4 is 12.0 Å². The van der Waals surface area contributed by atoms with Crippen LogP contribution in [0.4, 0.5) is 4.79 Å². The van der Waals surface area contributed by atoms with Crippen LogP contribution < -0.4 is 5.32 Å². The zero-order valence-electron chi connectivity index (χ0n) is 8.90. The molecule has 0 saturated carbocycles. The van der Waals surface area contributed by atoms with Crippen molar-refractivity contribution in [3.05, 3.63) is 6.08 Å². The van der Waals surface area contributed by atoms with Crippen LogP contribution in [0, 0.1) is 0 Å². The molecule has 15 heavy (non-hydrogen) atoms. The second-order valence-electron chi connectivity index (χ2n) is 3.04. The molecule has 0 aromatic carbocycles. The van der Waals surface area contributed by atoms with Gasteiger partial charge in [-0.15, -0.1) is 0 Å². The number of nitrogens with zero attached hydrogens (tertiary/aromatic N) is 1. The lowest BCUT2D eigenvalue weighted by Gasteiger charge is -2.21. The van der Waals surface area contributed by atoms with E-state index in [0.717, 1.165) is 0 Å². The van der Waals surface area contributed by atoms with Crippen LogP contribution in [0.2, 0.25) is 0 Å². The smallest absolute Gasteiger partial charge is 0.404 e. The third-order valence-corrected chi connectivity index (χ3v) is 1.86. The Bertz CT molecular complexity index is 238. The number of allylic oxidation sites excluding steroid dienone is 1. The van der Waals surface area contributed by atoms with Gasteiger partial charge in [0.05, 0.1) is 7.11 Å². The predicted octanol–water partition coefficient (Wildman–Crippen LogP) is 0.284. The summed E-state index contributed by atoms with van der Waals surface area (Å²) in [7, 11) is 3.20. The number of nitrogens with one attached hydrogen (secondary N) is 1. The van der Waals surface area contributed by atoms with Crippen molar-refractivity contribution in [2.75, 3.05) is 20.7 Å². The van der Waals surface area contributed by atoms with Gasteiger partial charge in [-0.2, -0.15) is 5.06 Å². The van der Waals surface area contributed by atoms with Gasteiger partial charge in [0.15, 0.2) is 0 Å². The Morgan fingerprint density at radius 3 is 2.87 bits per heavy atom. The van der Waals surface area contributed by atoms with Gasteiger partial charge in [-0.1, -0.05) is 0 Å². The molecule has 0 saturated heterocycles. The normalized spacial score (nSPS) is 11.9. The highest BCUT2D eigenvalue weighted by Crippen LogP contribution is 2.00. The molecule has 6 heteroatoms. The molecule has 0 aromatic heterocycles. The van der Waals surface area contributed by atoms with Gasteiger partial charge >= 0.3 is 6.09 Å². The topological polar surface area (TPSA) is 78.9 Å². The van der Waals surface area contributed by atoms with E-state index in [1.807, 2.05) is 0 Å². The second kappa shape index (κ2) is 7.99. The lowest BCUT2D eigenvalue weighted by atomic mass is 10.1. The van der Waals surface area contributed by atoms with Gasteiger partial charge in [0.1, 0.15) is 5.94 Å². The van der Waals surface area contributed by atoms with E-state index in [4.69, 9.17) is 9.94 Å². The van der Waals surface area contributed by atoms with E-state index < -0.39 is 6.09 Å². The Kier molecular flexibility index (Phi) is 7.27. The SMILES string of the molecule is CON(C)CC(CCC=C=O)NC(=O)O. The number of carboxylic acid groups (broad SMARTS) is 1. The first-order valence-electron chi connectivity index (χ1n) is 4.54. The van der Waals surface area contributed by atoms with Gasteiger partial charge < -0.3 is 15.3 Å². The van der Waals surface area contributed by atoms with E-state index in [0.29, 0.717) is 19.4 Å². The van der Waals surface area contributed by atoms with Crippen molar-refractivity contribution in [1.82, 2.24) is 10.4 Å². The minimum atomic E-state index is -1.08. The van der Waals surface area contributed by atoms with Gasteiger partial charge in [-0.3, -0.25) is 0 Å². The number of amides is 1. The quantitative estimate of drug-likeness (QED) is 0.472. The largest absolute Gasteiger partial charge is 0.465 e. The summed E-state index contributed by atoms with van der Waals surface area (Å²) in [5, 5.41) is 12.4. The van der Waals surface area contributed by atoms with Gasteiger partial charge in [0.2, 0.25) is 0 Å². The Labute approximate surface area is 88.5 Å². The Morgan fingerprint density at radius 2 is 2.40 bits per heavy atom. The van der Waals surface area contributed by atoms with Crippen LogP contribution in [0.25, 0.3) is 0 Å². The molecule has 0 radical (unpaired) electrons. The van der Waals surface area contributed by atoms with Crippen molar-refractivity contribution in [3.63, 3.8) is 0 Å². The van der Waals surface area contributed by atoms with E-state index in [-0.39, 0.29) is 6.04 Å². The van der Waals surface area contributed by atoms with E-state index in [2.05, 4.69) is 5.32 Å². The highest BCUT2D eigenvalue weighted by Gasteiger charge is 2.13. The molecular formula is C9H16N2O4. The van der Waals surface area contributed by atoms with Crippen LogP contribution in [0.3, 0.4) is 0 Å². The zero-order chi connectivity index (χ0) is 11.7. The lowest BCUT2D eigenvalue weighted by Crippen LogP contribution is -2.41. The summed E-state index contributed by atoms with van der Waals surface area (Å²) >= 11 is 0. The standard InChI is InChI=1S/C9H16N2O4/c1-11(15-2)7-8(10-9(13)14)5-3-4-6-12/h4,8,10H,3,5,7H2,1-2H3,(H,13,14). The summed E-state index contributed by atoms with van der Waals surface area (Å²) < 4.78 is 0. The summed E-state index contributed by atoms with van der Waals surface area (Å²) in [6.45, 7) is 0.426. The molecule has 1 unspecified atom stereocenters. The third kappa shape index (κ3) is 7.69. The predicted molar refractivity (Wildman–Crippen MR) is 54.1 cm³/mol. The third-order valence-electron chi connectivity index (χ3n) is 1.86. The highest BCUT2D eigenvalue weighted by molar-refractivity contribution is 5.64. The van der Waals surface area contributed by atoms with E-state index in [1.54, 1.807) is 13.0 Å². The fourth-order valence-corrected chi connectivity index (χ4v) is 1.11. The first-order valence-corrected chi connectivity index (χ1v) is 4.54.